The summed E-state index contributed by atoms with van der Waals surface area (Å²) in [6.45, 7) is 6.81. The normalized spacial score (nSPS) is 6.00. The van der Waals surface area contributed by atoms with Gasteiger partial charge in [0.2, 0.25) is 0 Å². The average molecular weight is 95.2 g/mol. The minimum atomic E-state index is 0. The van der Waals surface area contributed by atoms with E-state index in [0.717, 1.165) is 0 Å². The van der Waals surface area contributed by atoms with Crippen LogP contribution in [0.15, 0.2) is 0 Å². The molecule has 0 heterocycles. The Hall–Kier alpha value is 0.814. The largest absolute Gasteiger partial charge is 1.00 e. The summed E-state index contributed by atoms with van der Waals surface area (Å²) >= 11 is 0. The summed E-state index contributed by atoms with van der Waals surface area (Å²) in [6.07, 6.45) is 0. The first-order chi connectivity index (χ1) is 1.73. The zero-order valence-corrected chi connectivity index (χ0v) is 6.50. The molecule has 0 aromatic heterocycles. The van der Waals surface area contributed by atoms with Crippen LogP contribution in [0.4, 0.5) is 0 Å². The van der Waals surface area contributed by atoms with E-state index in [2.05, 4.69) is 19.6 Å². The van der Waals surface area contributed by atoms with Crippen LogP contribution in [-0.2, 0) is 0 Å². The Balaban J connectivity index is -0.0000000450. The Bertz CT molecular complexity index is 12.3. The van der Waals surface area contributed by atoms with Crippen molar-refractivity contribution < 1.29 is 18.9 Å². The van der Waals surface area contributed by atoms with E-state index in [0.29, 0.717) is 0 Å². The zero-order chi connectivity index (χ0) is 3.58. The standard InChI is InChI=1S/C3H9Si.CH3.Li/c1-4(2)3;;/h1-3H3;1H3;/q;-1;+1. The van der Waals surface area contributed by atoms with Gasteiger partial charge in [0, 0.05) is 8.80 Å². The van der Waals surface area contributed by atoms with Crippen LogP contribution in [0.3, 0.4) is 0 Å². The topological polar surface area (TPSA) is 0 Å². The first kappa shape index (κ1) is 15.8. The Morgan fingerprint density at radius 2 is 1.00 bits per heavy atom. The van der Waals surface area contributed by atoms with Gasteiger partial charge in [-0.1, -0.05) is 19.6 Å². The average Bonchev–Trinajstić information content (AvgIpc) is 0.811. The molecule has 0 rings (SSSR count). The van der Waals surface area contributed by atoms with Gasteiger partial charge in [-0.05, 0) is 0 Å². The van der Waals surface area contributed by atoms with Crippen molar-refractivity contribution in [1.82, 2.24) is 0 Å². The molecule has 0 atom stereocenters. The molecule has 6 heavy (non-hydrogen) atoms. The van der Waals surface area contributed by atoms with E-state index in [1.165, 1.54) is 0 Å². The van der Waals surface area contributed by atoms with Crippen LogP contribution in [0.5, 0.6) is 0 Å². The molecule has 0 fully saturated rings. The summed E-state index contributed by atoms with van der Waals surface area (Å²) < 4.78 is 0. The maximum Gasteiger partial charge on any atom is 1.00 e. The number of hydrogen-bond acceptors (Lipinski definition) is 0. The van der Waals surface area contributed by atoms with Crippen molar-refractivity contribution >= 4 is 8.80 Å². The molecule has 0 aliphatic heterocycles. The van der Waals surface area contributed by atoms with Crippen molar-refractivity contribution in [1.29, 1.82) is 0 Å². The number of rotatable bonds is 0. The summed E-state index contributed by atoms with van der Waals surface area (Å²) in [5.74, 6) is 0. The molecule has 0 N–H and O–H groups in total. The molecule has 0 nitrogen and oxygen atoms in total. The second-order valence-electron chi connectivity index (χ2n) is 1.50. The second-order valence-corrected chi connectivity index (χ2v) is 4.50. The minimum absolute atomic E-state index is 0. The second kappa shape index (κ2) is 9.26. The molecular weight excluding hydrogens is 83.1 g/mol. The van der Waals surface area contributed by atoms with E-state index in [4.69, 9.17) is 0 Å². The molecule has 0 aliphatic carbocycles. The molecule has 0 aromatic carbocycles. The summed E-state index contributed by atoms with van der Waals surface area (Å²) in [6, 6.07) is 0. The zero-order valence-electron chi connectivity index (χ0n) is 5.50. The SMILES string of the molecule is C[Si](C)C.[CH3-].[Li+]. The van der Waals surface area contributed by atoms with Gasteiger partial charge in [0.25, 0.3) is 0 Å². The predicted octanol–water partition coefficient (Wildman–Crippen LogP) is -1.18. The third kappa shape index (κ3) is 106. The Labute approximate surface area is 55.1 Å². The quantitative estimate of drug-likeness (QED) is 0.262. The Kier molecular flexibility index (Phi) is 24.4. The molecule has 0 spiro atoms. The van der Waals surface area contributed by atoms with Gasteiger partial charge in [0.15, 0.2) is 0 Å². The molecule has 0 bridgehead atoms. The molecular formula is C4H12LiSi. The van der Waals surface area contributed by atoms with E-state index in [1.54, 1.807) is 0 Å². The fourth-order valence-corrected chi connectivity index (χ4v) is 0. The van der Waals surface area contributed by atoms with E-state index < -0.39 is 0 Å². The van der Waals surface area contributed by atoms with Crippen LogP contribution in [0.1, 0.15) is 0 Å². The van der Waals surface area contributed by atoms with Gasteiger partial charge in [-0.15, -0.1) is 0 Å². The molecule has 0 unspecified atom stereocenters. The summed E-state index contributed by atoms with van der Waals surface area (Å²) in [5, 5.41) is 0. The van der Waals surface area contributed by atoms with Crippen molar-refractivity contribution in [2.45, 2.75) is 19.6 Å². The van der Waals surface area contributed by atoms with Gasteiger partial charge < -0.3 is 7.43 Å². The van der Waals surface area contributed by atoms with Gasteiger partial charge in [-0.2, -0.15) is 0 Å². The molecule has 0 aliphatic rings. The van der Waals surface area contributed by atoms with Crippen molar-refractivity contribution in [2.24, 2.45) is 0 Å². The molecule has 0 aromatic rings. The first-order valence-corrected chi connectivity index (χ1v) is 4.50. The van der Waals surface area contributed by atoms with Gasteiger partial charge in [-0.25, -0.2) is 0 Å². The fourth-order valence-electron chi connectivity index (χ4n) is 0. The van der Waals surface area contributed by atoms with Crippen molar-refractivity contribution in [3.63, 3.8) is 0 Å². The Morgan fingerprint density at radius 3 is 1.00 bits per heavy atom. The van der Waals surface area contributed by atoms with Gasteiger partial charge in [0.1, 0.15) is 0 Å². The van der Waals surface area contributed by atoms with Gasteiger partial charge >= 0.3 is 18.9 Å². The van der Waals surface area contributed by atoms with E-state index in [9.17, 15) is 0 Å². The molecule has 0 saturated carbocycles. The van der Waals surface area contributed by atoms with E-state index in [-0.39, 0.29) is 35.1 Å². The summed E-state index contributed by atoms with van der Waals surface area (Å²) in [5.41, 5.74) is 0. The van der Waals surface area contributed by atoms with Gasteiger partial charge in [0.05, 0.1) is 0 Å². The molecule has 2 heteroatoms. The third-order valence-electron chi connectivity index (χ3n) is 0. The molecule has 0 amide bonds. The van der Waals surface area contributed by atoms with Crippen molar-refractivity contribution in [2.75, 3.05) is 0 Å². The van der Waals surface area contributed by atoms with Crippen LogP contribution in [0.25, 0.3) is 0 Å². The minimum Gasteiger partial charge on any atom is -0.358 e. The van der Waals surface area contributed by atoms with Crippen LogP contribution in [0, 0.1) is 7.43 Å². The maximum atomic E-state index is 2.27. The fraction of sp³-hybridized carbons (Fsp3) is 0.750. The third-order valence-corrected chi connectivity index (χ3v) is 0. The van der Waals surface area contributed by atoms with Crippen LogP contribution < -0.4 is 18.9 Å². The first-order valence-electron chi connectivity index (χ1n) is 1.50. The van der Waals surface area contributed by atoms with Crippen molar-refractivity contribution in [3.8, 4) is 0 Å². The predicted molar refractivity (Wildman–Crippen MR) is 29.8 cm³/mol. The maximum absolute atomic E-state index is 2.27. The Morgan fingerprint density at radius 1 is 1.00 bits per heavy atom. The van der Waals surface area contributed by atoms with Crippen LogP contribution in [-0.4, -0.2) is 8.80 Å². The van der Waals surface area contributed by atoms with E-state index in [1.807, 2.05) is 0 Å². The summed E-state index contributed by atoms with van der Waals surface area (Å²) in [7, 11) is 0.120. The molecule has 1 radical (unpaired) electrons. The smallest absolute Gasteiger partial charge is 0.358 e. The van der Waals surface area contributed by atoms with Crippen LogP contribution in [0.2, 0.25) is 19.6 Å². The van der Waals surface area contributed by atoms with E-state index >= 15 is 0 Å². The van der Waals surface area contributed by atoms with Crippen molar-refractivity contribution in [3.05, 3.63) is 7.43 Å². The van der Waals surface area contributed by atoms with Crippen LogP contribution >= 0.6 is 0 Å². The van der Waals surface area contributed by atoms with Gasteiger partial charge in [-0.3, -0.25) is 0 Å². The summed E-state index contributed by atoms with van der Waals surface area (Å²) in [4.78, 5) is 0. The molecule has 33 valence electrons. The monoisotopic (exact) mass is 95.1 g/mol. The molecule has 0 saturated heterocycles. The number of hydrogen-bond donors (Lipinski definition) is 0.